The van der Waals surface area contributed by atoms with Gasteiger partial charge >= 0.3 is 0 Å². The summed E-state index contributed by atoms with van der Waals surface area (Å²) in [6.07, 6.45) is 2.07. The van der Waals surface area contributed by atoms with Crippen molar-refractivity contribution >= 4 is 22.8 Å². The first-order valence-corrected chi connectivity index (χ1v) is 7.10. The largest absolute Gasteiger partial charge is 0.423 e. The first-order valence-electron chi connectivity index (χ1n) is 7.10. The number of nitrogens with two attached hydrogens (primary N) is 1. The maximum atomic E-state index is 10.8. The molecule has 0 saturated carbocycles. The van der Waals surface area contributed by atoms with Gasteiger partial charge in [-0.05, 0) is 24.8 Å². The molecule has 2 N–H and O–H groups in total. The maximum absolute atomic E-state index is 10.8. The molecule has 3 rings (SSSR count). The molecule has 0 aliphatic carbocycles. The van der Waals surface area contributed by atoms with E-state index in [-0.39, 0.29) is 11.7 Å². The first kappa shape index (κ1) is 13.8. The summed E-state index contributed by atoms with van der Waals surface area (Å²) in [5, 5.41) is 10.8. The van der Waals surface area contributed by atoms with Gasteiger partial charge in [-0.15, -0.1) is 0 Å². The molecule has 1 aromatic heterocycles. The van der Waals surface area contributed by atoms with E-state index in [1.165, 1.54) is 12.1 Å². The summed E-state index contributed by atoms with van der Waals surface area (Å²) >= 11 is 0. The Labute approximate surface area is 121 Å². The van der Waals surface area contributed by atoms with Crippen LogP contribution in [0.3, 0.4) is 0 Å². The van der Waals surface area contributed by atoms with Crippen LogP contribution >= 0.6 is 0 Å². The molecule has 1 aliphatic rings. The van der Waals surface area contributed by atoms with Gasteiger partial charge in [0.2, 0.25) is 0 Å². The Balaban J connectivity index is 1.94. The Kier molecular flexibility index (Phi) is 3.50. The van der Waals surface area contributed by atoms with Gasteiger partial charge in [-0.25, -0.2) is 0 Å². The second-order valence-electron chi connectivity index (χ2n) is 5.62. The van der Waals surface area contributed by atoms with E-state index in [2.05, 4.69) is 16.8 Å². The zero-order valence-electron chi connectivity index (χ0n) is 11.9. The summed E-state index contributed by atoms with van der Waals surface area (Å²) in [6, 6.07) is 5.17. The Morgan fingerprint density at radius 3 is 3.10 bits per heavy atom. The number of nitrogens with zero attached hydrogens (tertiary/aromatic N) is 3. The van der Waals surface area contributed by atoms with Gasteiger partial charge in [0.15, 0.2) is 5.58 Å². The number of non-ortho nitro benzene ring substituents is 1. The molecule has 0 radical (unpaired) electrons. The van der Waals surface area contributed by atoms with E-state index in [4.69, 9.17) is 10.2 Å². The number of fused-ring (bicyclic) bond motifs is 1. The van der Waals surface area contributed by atoms with E-state index in [1.54, 1.807) is 6.07 Å². The number of piperidine rings is 1. The minimum absolute atomic E-state index is 0.0185. The van der Waals surface area contributed by atoms with Gasteiger partial charge in [0.25, 0.3) is 11.7 Å². The third kappa shape index (κ3) is 2.56. The van der Waals surface area contributed by atoms with Crippen molar-refractivity contribution in [1.82, 2.24) is 4.98 Å². The highest BCUT2D eigenvalue weighted by atomic mass is 16.6. The molecule has 2 atom stereocenters. The van der Waals surface area contributed by atoms with Gasteiger partial charge in [-0.3, -0.25) is 10.1 Å². The summed E-state index contributed by atoms with van der Waals surface area (Å²) in [5.74, 6) is 0.639. The molecule has 21 heavy (non-hydrogen) atoms. The topological polar surface area (TPSA) is 98.4 Å². The fourth-order valence-corrected chi connectivity index (χ4v) is 2.87. The van der Waals surface area contributed by atoms with Gasteiger partial charge in [-0.1, -0.05) is 6.92 Å². The lowest BCUT2D eigenvalue weighted by atomic mass is 9.93. The van der Waals surface area contributed by atoms with E-state index in [9.17, 15) is 10.1 Å². The smallest absolute Gasteiger partial charge is 0.298 e. The molecule has 1 fully saturated rings. The van der Waals surface area contributed by atoms with E-state index >= 15 is 0 Å². The van der Waals surface area contributed by atoms with Crippen LogP contribution in [0.1, 0.15) is 19.8 Å². The molecule has 1 aliphatic heterocycles. The number of oxazole rings is 1. The lowest BCUT2D eigenvalue weighted by Gasteiger charge is -2.36. The van der Waals surface area contributed by atoms with Crippen LogP contribution in [0, 0.1) is 16.0 Å². The number of nitro groups is 1. The molecule has 0 spiro atoms. The van der Waals surface area contributed by atoms with Crippen molar-refractivity contribution < 1.29 is 9.34 Å². The Bertz CT molecular complexity index is 669. The van der Waals surface area contributed by atoms with Crippen molar-refractivity contribution in [2.75, 3.05) is 18.0 Å². The number of hydrogen-bond donors (Lipinski definition) is 1. The van der Waals surface area contributed by atoms with E-state index < -0.39 is 4.92 Å². The lowest BCUT2D eigenvalue weighted by Crippen LogP contribution is -2.46. The van der Waals surface area contributed by atoms with Crippen molar-refractivity contribution in [2.24, 2.45) is 11.7 Å². The second-order valence-corrected chi connectivity index (χ2v) is 5.62. The maximum Gasteiger partial charge on any atom is 0.298 e. The zero-order valence-corrected chi connectivity index (χ0v) is 11.9. The summed E-state index contributed by atoms with van der Waals surface area (Å²) in [6.45, 7) is 3.61. The predicted octanol–water partition coefficient (Wildman–Crippen LogP) is 2.30. The molecule has 2 unspecified atom stereocenters. The quantitative estimate of drug-likeness (QED) is 0.688. The van der Waals surface area contributed by atoms with Gasteiger partial charge in [0.05, 0.1) is 4.92 Å². The third-order valence-corrected chi connectivity index (χ3v) is 4.07. The Hall–Kier alpha value is -2.15. The first-order chi connectivity index (χ1) is 10.1. The number of rotatable bonds is 3. The highest BCUT2D eigenvalue weighted by molar-refractivity contribution is 5.77. The highest BCUT2D eigenvalue weighted by Crippen LogP contribution is 2.30. The minimum Gasteiger partial charge on any atom is -0.423 e. The van der Waals surface area contributed by atoms with Gasteiger partial charge < -0.3 is 15.1 Å². The third-order valence-electron chi connectivity index (χ3n) is 4.07. The lowest BCUT2D eigenvalue weighted by molar-refractivity contribution is -0.384. The molecule has 7 heteroatoms. The molecular formula is C14H18N4O3. The average Bonchev–Trinajstić information content (AvgIpc) is 2.89. The van der Waals surface area contributed by atoms with Crippen LogP contribution in [-0.4, -0.2) is 29.0 Å². The summed E-state index contributed by atoms with van der Waals surface area (Å²) in [5.41, 5.74) is 6.94. The molecule has 1 saturated heterocycles. The van der Waals surface area contributed by atoms with Crippen LogP contribution in [-0.2, 0) is 0 Å². The number of nitro benzene ring substituents is 1. The summed E-state index contributed by atoms with van der Waals surface area (Å²) < 4.78 is 5.75. The molecule has 1 aromatic carbocycles. The molecule has 112 valence electrons. The van der Waals surface area contributed by atoms with E-state index in [1.807, 2.05) is 0 Å². The number of aromatic nitrogens is 1. The van der Waals surface area contributed by atoms with Crippen molar-refractivity contribution in [3.05, 3.63) is 28.3 Å². The summed E-state index contributed by atoms with van der Waals surface area (Å²) in [4.78, 5) is 16.9. The fourth-order valence-electron chi connectivity index (χ4n) is 2.87. The van der Waals surface area contributed by atoms with Crippen LogP contribution in [0.2, 0.25) is 0 Å². The van der Waals surface area contributed by atoms with Crippen molar-refractivity contribution in [2.45, 2.75) is 25.8 Å². The molecule has 0 amide bonds. The molecular weight excluding hydrogens is 272 g/mol. The predicted molar refractivity (Wildman–Crippen MR) is 79.2 cm³/mol. The molecule has 7 nitrogen and oxygen atoms in total. The number of anilines is 1. The van der Waals surface area contributed by atoms with Crippen molar-refractivity contribution in [3.8, 4) is 0 Å². The van der Waals surface area contributed by atoms with Gasteiger partial charge in [-0.2, -0.15) is 4.98 Å². The molecule has 2 aromatic rings. The molecule has 0 bridgehead atoms. The second kappa shape index (κ2) is 5.33. The Morgan fingerprint density at radius 2 is 2.38 bits per heavy atom. The minimum atomic E-state index is -0.431. The normalized spacial score (nSPS) is 22.7. The van der Waals surface area contributed by atoms with Crippen LogP contribution in [0.4, 0.5) is 11.7 Å². The standard InChI is InChI=1S/C14H18N4O3/c1-9-4-5-17(11(6-9)8-15)14-16-12-7-10(18(19)20)2-3-13(12)21-14/h2-3,7,9,11H,4-6,8,15H2,1H3. The van der Waals surface area contributed by atoms with Gasteiger partial charge in [0.1, 0.15) is 5.52 Å². The summed E-state index contributed by atoms with van der Waals surface area (Å²) in [7, 11) is 0. The van der Waals surface area contributed by atoms with Gasteiger partial charge in [0, 0.05) is 31.3 Å². The van der Waals surface area contributed by atoms with E-state index in [0.29, 0.717) is 29.6 Å². The van der Waals surface area contributed by atoms with Crippen LogP contribution in [0.15, 0.2) is 22.6 Å². The zero-order chi connectivity index (χ0) is 15.0. The van der Waals surface area contributed by atoms with Crippen LogP contribution in [0.5, 0.6) is 0 Å². The fraction of sp³-hybridized carbons (Fsp3) is 0.500. The number of hydrogen-bond acceptors (Lipinski definition) is 6. The average molecular weight is 290 g/mol. The van der Waals surface area contributed by atoms with E-state index in [0.717, 1.165) is 19.4 Å². The highest BCUT2D eigenvalue weighted by Gasteiger charge is 2.28. The molecule has 2 heterocycles. The Morgan fingerprint density at radius 1 is 1.57 bits per heavy atom. The monoisotopic (exact) mass is 290 g/mol. The van der Waals surface area contributed by atoms with Crippen LogP contribution in [0.25, 0.3) is 11.1 Å². The van der Waals surface area contributed by atoms with Crippen molar-refractivity contribution in [3.63, 3.8) is 0 Å². The number of benzene rings is 1. The SMILES string of the molecule is CC1CCN(c2nc3cc([N+](=O)[O-])ccc3o2)C(CN)C1. The van der Waals surface area contributed by atoms with Crippen molar-refractivity contribution in [1.29, 1.82) is 0 Å². The van der Waals surface area contributed by atoms with Crippen LogP contribution < -0.4 is 10.6 Å².